The summed E-state index contributed by atoms with van der Waals surface area (Å²) in [6.07, 6.45) is 0. The maximum atomic E-state index is 11.6. The number of carbonyl (C=O) groups is 1. The summed E-state index contributed by atoms with van der Waals surface area (Å²) in [5, 5.41) is 0. The van der Waals surface area contributed by atoms with E-state index in [1.54, 1.807) is 33.1 Å². The van der Waals surface area contributed by atoms with E-state index in [0.29, 0.717) is 11.5 Å². The van der Waals surface area contributed by atoms with Gasteiger partial charge in [-0.2, -0.15) is 0 Å². The van der Waals surface area contributed by atoms with E-state index >= 15 is 0 Å². The zero-order valence-electron chi connectivity index (χ0n) is 11.3. The van der Waals surface area contributed by atoms with Crippen LogP contribution in [-0.4, -0.2) is 26.8 Å². The van der Waals surface area contributed by atoms with E-state index in [2.05, 4.69) is 31.9 Å². The van der Waals surface area contributed by atoms with Gasteiger partial charge in [-0.25, -0.2) is 0 Å². The van der Waals surface area contributed by atoms with Crippen LogP contribution in [0.4, 0.5) is 0 Å². The molecule has 0 spiro atoms. The van der Waals surface area contributed by atoms with Crippen LogP contribution in [0.15, 0.2) is 21.1 Å². The van der Waals surface area contributed by atoms with Gasteiger partial charge in [0.25, 0.3) is 0 Å². The van der Waals surface area contributed by atoms with Gasteiger partial charge in [0.1, 0.15) is 18.1 Å². The number of esters is 1. The van der Waals surface area contributed by atoms with Crippen molar-refractivity contribution in [2.24, 2.45) is 5.41 Å². The molecule has 0 amide bonds. The molecule has 0 aliphatic rings. The molecule has 6 heteroatoms. The van der Waals surface area contributed by atoms with Crippen molar-refractivity contribution in [3.63, 3.8) is 0 Å². The second-order valence-corrected chi connectivity index (χ2v) is 6.29. The van der Waals surface area contributed by atoms with Crippen molar-refractivity contribution in [1.29, 1.82) is 0 Å². The summed E-state index contributed by atoms with van der Waals surface area (Å²) in [5.41, 5.74) is -0.708. The first kappa shape index (κ1) is 16.3. The minimum Gasteiger partial charge on any atom is -0.496 e. The number of hydrogen-bond donors (Lipinski definition) is 0. The third kappa shape index (κ3) is 4.11. The highest BCUT2D eigenvalue weighted by Crippen LogP contribution is 2.36. The molecule has 0 aromatic heterocycles. The number of hydrogen-bond acceptors (Lipinski definition) is 4. The van der Waals surface area contributed by atoms with Crippen LogP contribution in [0.1, 0.15) is 13.8 Å². The Bertz CT molecular complexity index is 472. The molecule has 106 valence electrons. The van der Waals surface area contributed by atoms with Gasteiger partial charge in [-0.1, -0.05) is 0 Å². The van der Waals surface area contributed by atoms with E-state index in [9.17, 15) is 4.79 Å². The molecular weight excluding hydrogens is 380 g/mol. The second kappa shape index (κ2) is 6.61. The maximum absolute atomic E-state index is 11.6. The van der Waals surface area contributed by atoms with Crippen LogP contribution < -0.4 is 9.47 Å². The Kier molecular flexibility index (Phi) is 5.67. The van der Waals surface area contributed by atoms with Gasteiger partial charge in [-0.3, -0.25) is 4.79 Å². The molecule has 0 unspecified atom stereocenters. The SMILES string of the molecule is COC(=O)C(C)(C)COc1cc(Br)c(OC)cc1Br. The topological polar surface area (TPSA) is 44.8 Å². The second-order valence-electron chi connectivity index (χ2n) is 4.58. The lowest BCUT2D eigenvalue weighted by Gasteiger charge is -2.22. The molecule has 0 saturated carbocycles. The van der Waals surface area contributed by atoms with E-state index in [1.165, 1.54) is 7.11 Å². The van der Waals surface area contributed by atoms with Gasteiger partial charge in [0.05, 0.1) is 28.6 Å². The van der Waals surface area contributed by atoms with E-state index in [0.717, 1.165) is 8.95 Å². The van der Waals surface area contributed by atoms with Crippen molar-refractivity contribution in [2.45, 2.75) is 13.8 Å². The molecule has 0 radical (unpaired) electrons. The Morgan fingerprint density at radius 1 is 1.16 bits per heavy atom. The molecule has 19 heavy (non-hydrogen) atoms. The van der Waals surface area contributed by atoms with E-state index in [-0.39, 0.29) is 12.6 Å². The van der Waals surface area contributed by atoms with Crippen LogP contribution in [-0.2, 0) is 9.53 Å². The van der Waals surface area contributed by atoms with E-state index in [4.69, 9.17) is 14.2 Å². The summed E-state index contributed by atoms with van der Waals surface area (Å²) in [6, 6.07) is 3.58. The lowest BCUT2D eigenvalue weighted by atomic mass is 9.95. The Morgan fingerprint density at radius 2 is 1.68 bits per heavy atom. The van der Waals surface area contributed by atoms with Crippen LogP contribution in [0.5, 0.6) is 11.5 Å². The lowest BCUT2D eigenvalue weighted by molar-refractivity contribution is -0.152. The fraction of sp³-hybridized carbons (Fsp3) is 0.462. The standard InChI is InChI=1S/C13H16Br2O4/c1-13(2,12(16)18-4)7-19-11-6-8(14)10(17-3)5-9(11)15/h5-6H,7H2,1-4H3. The normalized spacial score (nSPS) is 11.1. The number of carbonyl (C=O) groups excluding carboxylic acids is 1. The number of rotatable bonds is 5. The van der Waals surface area contributed by atoms with Gasteiger partial charge in [-0.15, -0.1) is 0 Å². The van der Waals surface area contributed by atoms with Gasteiger partial charge in [0, 0.05) is 0 Å². The zero-order chi connectivity index (χ0) is 14.6. The van der Waals surface area contributed by atoms with Crippen LogP contribution in [0.25, 0.3) is 0 Å². The summed E-state index contributed by atoms with van der Waals surface area (Å²) < 4.78 is 17.1. The Labute approximate surface area is 129 Å². The van der Waals surface area contributed by atoms with E-state index < -0.39 is 5.41 Å². The molecule has 0 aliphatic carbocycles. The van der Waals surface area contributed by atoms with Gasteiger partial charge >= 0.3 is 5.97 Å². The largest absolute Gasteiger partial charge is 0.496 e. The Balaban J connectivity index is 2.84. The fourth-order valence-corrected chi connectivity index (χ4v) is 2.29. The zero-order valence-corrected chi connectivity index (χ0v) is 14.4. The summed E-state index contributed by atoms with van der Waals surface area (Å²) in [5.74, 6) is 1.02. The summed E-state index contributed by atoms with van der Waals surface area (Å²) >= 11 is 6.79. The Morgan fingerprint density at radius 3 is 2.21 bits per heavy atom. The molecule has 1 aromatic carbocycles. The molecule has 0 atom stereocenters. The predicted molar refractivity (Wildman–Crippen MR) is 79.7 cm³/mol. The molecule has 1 aromatic rings. The third-order valence-corrected chi connectivity index (χ3v) is 3.77. The highest BCUT2D eigenvalue weighted by molar-refractivity contribution is 9.11. The molecule has 4 nitrogen and oxygen atoms in total. The van der Waals surface area contributed by atoms with Crippen LogP contribution in [0.2, 0.25) is 0 Å². The first-order valence-corrected chi connectivity index (χ1v) is 7.14. The smallest absolute Gasteiger partial charge is 0.314 e. The van der Waals surface area contributed by atoms with Crippen molar-refractivity contribution in [2.75, 3.05) is 20.8 Å². The quantitative estimate of drug-likeness (QED) is 0.711. The van der Waals surface area contributed by atoms with Crippen molar-refractivity contribution < 1.29 is 19.0 Å². The fourth-order valence-electron chi connectivity index (χ4n) is 1.37. The van der Waals surface area contributed by atoms with Gasteiger partial charge in [0.2, 0.25) is 0 Å². The van der Waals surface area contributed by atoms with Gasteiger partial charge < -0.3 is 14.2 Å². The van der Waals surface area contributed by atoms with Gasteiger partial charge in [-0.05, 0) is 57.8 Å². The maximum Gasteiger partial charge on any atom is 0.314 e. The first-order chi connectivity index (χ1) is 8.81. The highest BCUT2D eigenvalue weighted by Gasteiger charge is 2.30. The third-order valence-electron chi connectivity index (χ3n) is 2.53. The Hall–Kier alpha value is -0.750. The van der Waals surface area contributed by atoms with Crippen molar-refractivity contribution in [1.82, 2.24) is 0 Å². The number of halogens is 2. The minimum atomic E-state index is -0.708. The van der Waals surface area contributed by atoms with E-state index in [1.807, 2.05) is 0 Å². The van der Waals surface area contributed by atoms with Gasteiger partial charge in [0.15, 0.2) is 0 Å². The van der Waals surface area contributed by atoms with Crippen LogP contribution in [0, 0.1) is 5.41 Å². The molecule has 0 aliphatic heterocycles. The number of benzene rings is 1. The summed E-state index contributed by atoms with van der Waals surface area (Å²) in [4.78, 5) is 11.6. The first-order valence-electron chi connectivity index (χ1n) is 5.56. The van der Waals surface area contributed by atoms with Crippen molar-refractivity contribution >= 4 is 37.8 Å². The van der Waals surface area contributed by atoms with Crippen LogP contribution in [0.3, 0.4) is 0 Å². The average Bonchev–Trinajstić information content (AvgIpc) is 2.38. The molecule has 0 saturated heterocycles. The summed E-state index contributed by atoms with van der Waals surface area (Å²) in [6.45, 7) is 3.76. The summed E-state index contributed by atoms with van der Waals surface area (Å²) in [7, 11) is 2.96. The molecule has 0 fully saturated rings. The molecule has 0 bridgehead atoms. The lowest BCUT2D eigenvalue weighted by Crippen LogP contribution is -2.32. The van der Waals surface area contributed by atoms with Crippen LogP contribution >= 0.6 is 31.9 Å². The minimum absolute atomic E-state index is 0.219. The van der Waals surface area contributed by atoms with Crippen molar-refractivity contribution in [3.05, 3.63) is 21.1 Å². The number of ether oxygens (including phenoxy) is 3. The highest BCUT2D eigenvalue weighted by atomic mass is 79.9. The monoisotopic (exact) mass is 394 g/mol. The average molecular weight is 396 g/mol. The molecular formula is C13H16Br2O4. The number of methoxy groups -OCH3 is 2. The molecule has 0 N–H and O–H groups in total. The van der Waals surface area contributed by atoms with Crippen molar-refractivity contribution in [3.8, 4) is 11.5 Å². The molecule has 1 rings (SSSR count). The molecule has 0 heterocycles. The predicted octanol–water partition coefficient (Wildman–Crippen LogP) is 3.80.